The highest BCUT2D eigenvalue weighted by molar-refractivity contribution is 6.31. The van der Waals surface area contributed by atoms with Crippen LogP contribution in [0.25, 0.3) is 21.8 Å². The monoisotopic (exact) mass is 430 g/mol. The highest BCUT2D eigenvalue weighted by Gasteiger charge is 2.16. The van der Waals surface area contributed by atoms with Gasteiger partial charge in [0.25, 0.3) is 0 Å². The molecule has 4 nitrogen and oxygen atoms in total. The summed E-state index contributed by atoms with van der Waals surface area (Å²) in [5, 5.41) is 10.4. The number of fused-ring (bicyclic) bond motifs is 3. The van der Waals surface area contributed by atoms with Crippen LogP contribution in [0.5, 0.6) is 0 Å². The molecule has 1 saturated heterocycles. The second-order valence-electron chi connectivity index (χ2n) is 8.10. The summed E-state index contributed by atoms with van der Waals surface area (Å²) in [4.78, 5) is 2.44. The van der Waals surface area contributed by atoms with Gasteiger partial charge in [-0.1, -0.05) is 54.1 Å². The van der Waals surface area contributed by atoms with Gasteiger partial charge in [0.05, 0.1) is 6.21 Å². The Morgan fingerprint density at radius 1 is 0.871 bits per heavy atom. The van der Waals surface area contributed by atoms with Crippen LogP contribution in [0.1, 0.15) is 18.1 Å². The van der Waals surface area contributed by atoms with Crippen LogP contribution < -0.4 is 0 Å². The number of hydrogen-bond acceptors (Lipinski definition) is 3. The van der Waals surface area contributed by atoms with Gasteiger partial charge in [0.2, 0.25) is 0 Å². The van der Waals surface area contributed by atoms with Crippen LogP contribution in [0.2, 0.25) is 5.02 Å². The SMILES string of the molecule is CCn1c2ccccc2c2cc(/C=N/N3CCN(Cc4ccccc4Cl)CC3)ccc21. The van der Waals surface area contributed by atoms with Crippen LogP contribution >= 0.6 is 11.6 Å². The number of benzene rings is 3. The summed E-state index contributed by atoms with van der Waals surface area (Å²) in [6, 6.07) is 23.4. The summed E-state index contributed by atoms with van der Waals surface area (Å²) in [6.07, 6.45) is 2.00. The molecular weight excluding hydrogens is 404 g/mol. The quantitative estimate of drug-likeness (QED) is 0.384. The fraction of sp³-hybridized carbons (Fsp3) is 0.269. The minimum atomic E-state index is 0.850. The van der Waals surface area contributed by atoms with E-state index in [0.29, 0.717) is 0 Å². The van der Waals surface area contributed by atoms with Crippen molar-refractivity contribution in [3.8, 4) is 0 Å². The molecule has 1 aliphatic rings. The molecule has 1 aliphatic heterocycles. The van der Waals surface area contributed by atoms with Crippen molar-refractivity contribution < 1.29 is 0 Å². The molecule has 5 heteroatoms. The minimum absolute atomic E-state index is 0.850. The summed E-state index contributed by atoms with van der Waals surface area (Å²) in [5.74, 6) is 0. The summed E-state index contributed by atoms with van der Waals surface area (Å²) >= 11 is 6.32. The van der Waals surface area contributed by atoms with Crippen LogP contribution in [0.4, 0.5) is 0 Å². The fourth-order valence-electron chi connectivity index (χ4n) is 4.52. The first-order valence-electron chi connectivity index (χ1n) is 11.0. The predicted molar refractivity (Wildman–Crippen MR) is 131 cm³/mol. The number of aromatic nitrogens is 1. The average Bonchev–Trinajstić information content (AvgIpc) is 3.13. The maximum Gasteiger partial charge on any atom is 0.0543 e. The molecule has 3 aromatic carbocycles. The third-order valence-corrected chi connectivity index (χ3v) is 6.55. The predicted octanol–water partition coefficient (Wildman–Crippen LogP) is 5.62. The Hall–Kier alpha value is -2.82. The summed E-state index contributed by atoms with van der Waals surface area (Å²) in [6.45, 7) is 7.91. The second kappa shape index (κ2) is 8.74. The van der Waals surface area contributed by atoms with Crippen molar-refractivity contribution in [2.75, 3.05) is 26.2 Å². The number of para-hydroxylation sites is 1. The fourth-order valence-corrected chi connectivity index (χ4v) is 4.71. The minimum Gasteiger partial charge on any atom is -0.341 e. The van der Waals surface area contributed by atoms with E-state index >= 15 is 0 Å². The van der Waals surface area contributed by atoms with Crippen molar-refractivity contribution >= 4 is 39.6 Å². The number of aryl methyl sites for hydroxylation is 1. The molecule has 31 heavy (non-hydrogen) atoms. The van der Waals surface area contributed by atoms with E-state index < -0.39 is 0 Å². The topological polar surface area (TPSA) is 23.8 Å². The molecule has 0 unspecified atom stereocenters. The van der Waals surface area contributed by atoms with Gasteiger partial charge >= 0.3 is 0 Å². The summed E-state index contributed by atoms with van der Waals surface area (Å²) < 4.78 is 2.38. The lowest BCUT2D eigenvalue weighted by atomic mass is 10.1. The first-order chi connectivity index (χ1) is 15.2. The summed E-state index contributed by atoms with van der Waals surface area (Å²) in [5.41, 5.74) is 4.92. The van der Waals surface area contributed by atoms with E-state index in [1.165, 1.54) is 27.4 Å². The molecule has 1 fully saturated rings. The molecule has 0 N–H and O–H groups in total. The lowest BCUT2D eigenvalue weighted by molar-refractivity contribution is 0.131. The van der Waals surface area contributed by atoms with E-state index in [0.717, 1.165) is 49.9 Å². The molecule has 2 heterocycles. The Morgan fingerprint density at radius 3 is 2.42 bits per heavy atom. The van der Waals surface area contributed by atoms with Gasteiger partial charge in [0.15, 0.2) is 0 Å². The molecule has 5 rings (SSSR count). The van der Waals surface area contributed by atoms with Crippen molar-refractivity contribution in [2.45, 2.75) is 20.0 Å². The maximum atomic E-state index is 6.32. The molecule has 0 atom stereocenters. The van der Waals surface area contributed by atoms with Crippen molar-refractivity contribution in [1.82, 2.24) is 14.5 Å². The van der Waals surface area contributed by atoms with Gasteiger partial charge in [-0.2, -0.15) is 5.10 Å². The molecule has 0 bridgehead atoms. The van der Waals surface area contributed by atoms with Crippen LogP contribution in [-0.2, 0) is 13.1 Å². The van der Waals surface area contributed by atoms with E-state index in [9.17, 15) is 0 Å². The molecule has 0 radical (unpaired) electrons. The number of hydrogen-bond donors (Lipinski definition) is 0. The van der Waals surface area contributed by atoms with E-state index in [-0.39, 0.29) is 0 Å². The van der Waals surface area contributed by atoms with Crippen molar-refractivity contribution in [1.29, 1.82) is 0 Å². The zero-order valence-corrected chi connectivity index (χ0v) is 18.6. The Bertz CT molecular complexity index is 1230. The van der Waals surface area contributed by atoms with Crippen LogP contribution in [0.3, 0.4) is 0 Å². The van der Waals surface area contributed by atoms with E-state index in [1.807, 2.05) is 18.3 Å². The smallest absolute Gasteiger partial charge is 0.0543 e. The zero-order chi connectivity index (χ0) is 21.2. The van der Waals surface area contributed by atoms with Crippen molar-refractivity contribution in [3.05, 3.63) is 82.9 Å². The third-order valence-electron chi connectivity index (χ3n) is 6.18. The Kier molecular flexibility index (Phi) is 5.66. The van der Waals surface area contributed by atoms with Crippen molar-refractivity contribution in [3.63, 3.8) is 0 Å². The first-order valence-corrected chi connectivity index (χ1v) is 11.4. The molecule has 4 aromatic rings. The molecule has 0 amide bonds. The lowest BCUT2D eigenvalue weighted by Crippen LogP contribution is -2.43. The van der Waals surface area contributed by atoms with Gasteiger partial charge in [-0.05, 0) is 42.3 Å². The van der Waals surface area contributed by atoms with E-state index in [1.54, 1.807) is 0 Å². The first kappa shape index (κ1) is 20.1. The molecule has 0 spiro atoms. The van der Waals surface area contributed by atoms with Crippen LogP contribution in [0.15, 0.2) is 71.8 Å². The van der Waals surface area contributed by atoms with Gasteiger partial charge in [-0.15, -0.1) is 0 Å². The van der Waals surface area contributed by atoms with E-state index in [4.69, 9.17) is 16.7 Å². The zero-order valence-electron chi connectivity index (χ0n) is 17.8. The molecule has 158 valence electrons. The average molecular weight is 431 g/mol. The highest BCUT2D eigenvalue weighted by atomic mass is 35.5. The Balaban J connectivity index is 1.28. The number of hydrazone groups is 1. The molecular formula is C26H27ClN4. The summed E-state index contributed by atoms with van der Waals surface area (Å²) in [7, 11) is 0. The second-order valence-corrected chi connectivity index (χ2v) is 8.51. The number of rotatable bonds is 5. The van der Waals surface area contributed by atoms with Gasteiger partial charge in [-0.25, -0.2) is 0 Å². The van der Waals surface area contributed by atoms with Crippen LogP contribution in [0, 0.1) is 0 Å². The van der Waals surface area contributed by atoms with Crippen molar-refractivity contribution in [2.24, 2.45) is 5.10 Å². The molecule has 0 saturated carbocycles. The lowest BCUT2D eigenvalue weighted by Gasteiger charge is -2.33. The van der Waals surface area contributed by atoms with Crippen LogP contribution in [-0.4, -0.2) is 46.9 Å². The Labute approximate surface area is 188 Å². The third kappa shape index (κ3) is 4.06. The van der Waals surface area contributed by atoms with E-state index in [2.05, 4.69) is 76.0 Å². The largest absolute Gasteiger partial charge is 0.341 e. The van der Waals surface area contributed by atoms with Gasteiger partial charge in [0.1, 0.15) is 0 Å². The normalized spacial score (nSPS) is 15.5. The number of nitrogens with zero attached hydrogens (tertiary/aromatic N) is 4. The highest BCUT2D eigenvalue weighted by Crippen LogP contribution is 2.29. The number of halogens is 1. The molecule has 1 aromatic heterocycles. The molecule has 0 aliphatic carbocycles. The standard InChI is InChI=1S/C26H27ClN4/c1-2-31-25-10-6-4-8-22(25)23-17-20(11-12-26(23)31)18-28-30-15-13-29(14-16-30)19-21-7-3-5-9-24(21)27/h3-12,17-18H,2,13-16,19H2,1H3/b28-18+. The maximum absolute atomic E-state index is 6.32. The number of piperazine rings is 1. The van der Waals surface area contributed by atoms with Gasteiger partial charge in [0, 0.05) is 66.1 Å². The van der Waals surface area contributed by atoms with Gasteiger partial charge in [-0.3, -0.25) is 9.91 Å². The van der Waals surface area contributed by atoms with Gasteiger partial charge < -0.3 is 4.57 Å². The Morgan fingerprint density at radius 2 is 1.61 bits per heavy atom.